The average molecular weight is 254 g/mol. The van der Waals surface area contributed by atoms with Crippen LogP contribution in [0.1, 0.15) is 19.4 Å². The van der Waals surface area contributed by atoms with Crippen LogP contribution in [0.15, 0.2) is 18.3 Å². The summed E-state index contributed by atoms with van der Waals surface area (Å²) in [5.41, 5.74) is 1.11. The summed E-state index contributed by atoms with van der Waals surface area (Å²) < 4.78 is 4.85. The maximum Gasteiger partial charge on any atom is 0.315 e. The molecule has 17 heavy (non-hydrogen) atoms. The van der Waals surface area contributed by atoms with Gasteiger partial charge in [0.15, 0.2) is 0 Å². The Hall–Kier alpha value is -1.23. The normalized spacial score (nSPS) is 10.0. The molecule has 0 aromatic carbocycles. The summed E-state index contributed by atoms with van der Waals surface area (Å²) in [5.74, 6) is 1.89. The van der Waals surface area contributed by atoms with Crippen molar-refractivity contribution in [3.05, 3.63) is 23.9 Å². The molecular formula is C12H18N2O2S. The maximum absolute atomic E-state index is 11.1. The van der Waals surface area contributed by atoms with Crippen molar-refractivity contribution in [2.24, 2.45) is 0 Å². The van der Waals surface area contributed by atoms with E-state index in [-0.39, 0.29) is 5.97 Å². The second kappa shape index (κ2) is 7.95. The molecule has 0 saturated heterocycles. The molecule has 0 aliphatic heterocycles. The second-order valence-corrected chi connectivity index (χ2v) is 4.37. The van der Waals surface area contributed by atoms with Crippen LogP contribution in [0.25, 0.3) is 0 Å². The van der Waals surface area contributed by atoms with E-state index in [2.05, 4.69) is 10.3 Å². The topological polar surface area (TPSA) is 51.2 Å². The Labute approximate surface area is 106 Å². The molecule has 1 N–H and O–H groups in total. The summed E-state index contributed by atoms with van der Waals surface area (Å²) in [5, 5.41) is 3.13. The molecular weight excluding hydrogens is 236 g/mol. The fourth-order valence-electron chi connectivity index (χ4n) is 1.25. The first kappa shape index (κ1) is 13.8. The number of rotatable bonds is 7. The summed E-state index contributed by atoms with van der Waals surface area (Å²) in [6, 6.07) is 3.97. The van der Waals surface area contributed by atoms with Crippen molar-refractivity contribution in [3.63, 3.8) is 0 Å². The lowest BCUT2D eigenvalue weighted by Gasteiger charge is -2.04. The minimum Gasteiger partial charge on any atom is -0.465 e. The molecule has 94 valence electrons. The highest BCUT2D eigenvalue weighted by molar-refractivity contribution is 7.99. The third kappa shape index (κ3) is 5.58. The Bertz CT molecular complexity index is 341. The number of esters is 1. The van der Waals surface area contributed by atoms with E-state index in [0.29, 0.717) is 12.4 Å². The fraction of sp³-hybridized carbons (Fsp3) is 0.500. The van der Waals surface area contributed by atoms with E-state index in [4.69, 9.17) is 4.74 Å². The molecule has 1 aromatic heterocycles. The lowest BCUT2D eigenvalue weighted by Crippen LogP contribution is -2.06. The van der Waals surface area contributed by atoms with Crippen molar-refractivity contribution in [1.29, 1.82) is 0 Å². The van der Waals surface area contributed by atoms with Gasteiger partial charge in [-0.2, -0.15) is 0 Å². The Morgan fingerprint density at radius 2 is 2.29 bits per heavy atom. The zero-order chi connectivity index (χ0) is 12.5. The van der Waals surface area contributed by atoms with E-state index >= 15 is 0 Å². The summed E-state index contributed by atoms with van der Waals surface area (Å²) >= 11 is 1.54. The first-order valence-corrected chi connectivity index (χ1v) is 6.84. The standard InChI is InChI=1S/C12H18N2O2S/c1-3-13-11-6-5-10(7-14-11)8-17-9-12(15)16-4-2/h5-7H,3-4,8-9H2,1-2H3,(H,13,14). The van der Waals surface area contributed by atoms with Gasteiger partial charge in [-0.1, -0.05) is 6.07 Å². The van der Waals surface area contributed by atoms with Gasteiger partial charge in [-0.3, -0.25) is 4.79 Å². The number of carbonyl (C=O) groups is 1. The highest BCUT2D eigenvalue weighted by Gasteiger charge is 2.02. The monoisotopic (exact) mass is 254 g/mol. The van der Waals surface area contributed by atoms with Gasteiger partial charge in [0.05, 0.1) is 12.4 Å². The van der Waals surface area contributed by atoms with E-state index in [0.717, 1.165) is 23.7 Å². The lowest BCUT2D eigenvalue weighted by atomic mass is 10.3. The van der Waals surface area contributed by atoms with Crippen LogP contribution in [0.2, 0.25) is 0 Å². The minimum atomic E-state index is -0.158. The van der Waals surface area contributed by atoms with Crippen molar-refractivity contribution >= 4 is 23.5 Å². The summed E-state index contributed by atoms with van der Waals surface area (Å²) in [6.07, 6.45) is 1.83. The third-order valence-corrected chi connectivity index (χ3v) is 2.95. The molecule has 0 amide bonds. The average Bonchev–Trinajstić information content (AvgIpc) is 2.32. The SMILES string of the molecule is CCNc1ccc(CSCC(=O)OCC)cn1. The van der Waals surface area contributed by atoms with Gasteiger partial charge in [-0.15, -0.1) is 11.8 Å². The van der Waals surface area contributed by atoms with Crippen LogP contribution < -0.4 is 5.32 Å². The molecule has 1 heterocycles. The Kier molecular flexibility index (Phi) is 6.47. The number of pyridine rings is 1. The van der Waals surface area contributed by atoms with Crippen LogP contribution in [0.4, 0.5) is 5.82 Å². The van der Waals surface area contributed by atoms with Gasteiger partial charge in [-0.05, 0) is 25.5 Å². The second-order valence-electron chi connectivity index (χ2n) is 3.38. The van der Waals surface area contributed by atoms with Crippen molar-refractivity contribution in [1.82, 2.24) is 4.98 Å². The first-order valence-electron chi connectivity index (χ1n) is 5.68. The molecule has 0 saturated carbocycles. The van der Waals surface area contributed by atoms with Gasteiger partial charge >= 0.3 is 5.97 Å². The van der Waals surface area contributed by atoms with Gasteiger partial charge < -0.3 is 10.1 Å². The van der Waals surface area contributed by atoms with Gasteiger partial charge in [0.1, 0.15) is 5.82 Å². The number of nitrogens with one attached hydrogen (secondary N) is 1. The number of aromatic nitrogens is 1. The molecule has 0 aliphatic carbocycles. The number of carbonyl (C=O) groups excluding carboxylic acids is 1. The van der Waals surface area contributed by atoms with Gasteiger partial charge in [-0.25, -0.2) is 4.98 Å². The van der Waals surface area contributed by atoms with E-state index in [1.807, 2.05) is 32.2 Å². The third-order valence-electron chi connectivity index (χ3n) is 1.98. The Morgan fingerprint density at radius 3 is 2.88 bits per heavy atom. The number of anilines is 1. The van der Waals surface area contributed by atoms with Crippen LogP contribution in [0.3, 0.4) is 0 Å². The molecule has 0 bridgehead atoms. The highest BCUT2D eigenvalue weighted by atomic mass is 32.2. The number of ether oxygens (including phenoxy) is 1. The fourth-order valence-corrected chi connectivity index (χ4v) is 2.01. The zero-order valence-corrected chi connectivity index (χ0v) is 11.0. The number of thioether (sulfide) groups is 1. The van der Waals surface area contributed by atoms with Crippen LogP contribution in [-0.4, -0.2) is 29.9 Å². The molecule has 0 radical (unpaired) electrons. The van der Waals surface area contributed by atoms with Crippen molar-refractivity contribution in [2.45, 2.75) is 19.6 Å². The molecule has 1 aromatic rings. The molecule has 0 spiro atoms. The predicted octanol–water partition coefficient (Wildman–Crippen LogP) is 2.31. The van der Waals surface area contributed by atoms with Crippen molar-refractivity contribution in [3.8, 4) is 0 Å². The molecule has 5 heteroatoms. The molecule has 0 unspecified atom stereocenters. The first-order chi connectivity index (χ1) is 8.26. The summed E-state index contributed by atoms with van der Waals surface area (Å²) in [7, 11) is 0. The maximum atomic E-state index is 11.1. The number of hydrogen-bond acceptors (Lipinski definition) is 5. The van der Waals surface area contributed by atoms with E-state index < -0.39 is 0 Å². The minimum absolute atomic E-state index is 0.158. The van der Waals surface area contributed by atoms with Crippen LogP contribution in [-0.2, 0) is 15.3 Å². The molecule has 0 atom stereocenters. The van der Waals surface area contributed by atoms with Crippen LogP contribution in [0.5, 0.6) is 0 Å². The van der Waals surface area contributed by atoms with Gasteiger partial charge in [0, 0.05) is 18.5 Å². The van der Waals surface area contributed by atoms with Crippen LogP contribution in [0, 0.1) is 0 Å². The van der Waals surface area contributed by atoms with Gasteiger partial charge in [0.25, 0.3) is 0 Å². The molecule has 0 fully saturated rings. The molecule has 4 nitrogen and oxygen atoms in total. The van der Waals surface area contributed by atoms with Crippen LogP contribution >= 0.6 is 11.8 Å². The van der Waals surface area contributed by atoms with E-state index in [9.17, 15) is 4.79 Å². The highest BCUT2D eigenvalue weighted by Crippen LogP contribution is 2.13. The largest absolute Gasteiger partial charge is 0.465 e. The quantitative estimate of drug-likeness (QED) is 0.757. The predicted molar refractivity (Wildman–Crippen MR) is 71.2 cm³/mol. The summed E-state index contributed by atoms with van der Waals surface area (Å²) in [6.45, 7) is 5.15. The lowest BCUT2D eigenvalue weighted by molar-refractivity contribution is -0.139. The molecule has 0 aliphatic rings. The zero-order valence-electron chi connectivity index (χ0n) is 10.2. The molecule has 1 rings (SSSR count). The van der Waals surface area contributed by atoms with Gasteiger partial charge in [0.2, 0.25) is 0 Å². The number of hydrogen-bond donors (Lipinski definition) is 1. The number of nitrogens with zero attached hydrogens (tertiary/aromatic N) is 1. The van der Waals surface area contributed by atoms with Crippen molar-refractivity contribution in [2.75, 3.05) is 24.2 Å². The Morgan fingerprint density at radius 1 is 1.47 bits per heavy atom. The Balaban J connectivity index is 2.29. The van der Waals surface area contributed by atoms with Crippen molar-refractivity contribution < 1.29 is 9.53 Å². The smallest absolute Gasteiger partial charge is 0.315 e. The van der Waals surface area contributed by atoms with E-state index in [1.54, 1.807) is 0 Å². The summed E-state index contributed by atoms with van der Waals surface area (Å²) in [4.78, 5) is 15.4. The van der Waals surface area contributed by atoms with E-state index in [1.165, 1.54) is 11.8 Å².